The molecule has 4 rings (SSSR count). The summed E-state index contributed by atoms with van der Waals surface area (Å²) in [4.78, 5) is 17.8. The van der Waals surface area contributed by atoms with Crippen molar-refractivity contribution in [1.82, 2.24) is 15.2 Å². The molecule has 5 heteroatoms. The Morgan fingerprint density at radius 3 is 2.84 bits per heavy atom. The lowest BCUT2D eigenvalue weighted by molar-refractivity contribution is 0.195. The number of urea groups is 1. The second-order valence-electron chi connectivity index (χ2n) is 7.10. The van der Waals surface area contributed by atoms with Crippen LogP contribution in [0.3, 0.4) is 0 Å². The maximum Gasteiger partial charge on any atom is 0.317 e. The number of carbonyl (C=O) groups is 1. The number of hydrogen-bond donors (Lipinski definition) is 2. The molecule has 2 heterocycles. The van der Waals surface area contributed by atoms with Gasteiger partial charge in [0.1, 0.15) is 0 Å². The van der Waals surface area contributed by atoms with Gasteiger partial charge in [-0.1, -0.05) is 41.3 Å². The van der Waals surface area contributed by atoms with Crippen molar-refractivity contribution in [2.75, 3.05) is 13.1 Å². The third-order valence-corrected chi connectivity index (χ3v) is 5.91. The number of hydrogen-bond acceptors (Lipinski definition) is 1. The van der Waals surface area contributed by atoms with Crippen LogP contribution in [0.2, 0.25) is 0 Å². The van der Waals surface area contributed by atoms with E-state index in [0.29, 0.717) is 12.6 Å². The van der Waals surface area contributed by atoms with E-state index in [4.69, 9.17) is 0 Å². The third-order valence-electron chi connectivity index (χ3n) is 5.42. The van der Waals surface area contributed by atoms with E-state index in [1.807, 2.05) is 4.90 Å². The summed E-state index contributed by atoms with van der Waals surface area (Å²) in [7, 11) is 0. The Balaban J connectivity index is 1.44. The number of aromatic nitrogens is 1. The van der Waals surface area contributed by atoms with Crippen molar-refractivity contribution in [2.24, 2.45) is 0 Å². The van der Waals surface area contributed by atoms with E-state index < -0.39 is 0 Å². The van der Waals surface area contributed by atoms with Gasteiger partial charge in [-0.05, 0) is 43.0 Å². The van der Waals surface area contributed by atoms with Crippen molar-refractivity contribution < 1.29 is 4.79 Å². The minimum Gasteiger partial charge on any atom is -0.361 e. The Hall–Kier alpha value is -1.75. The number of amides is 2. The number of aromatic amines is 1. The smallest absolute Gasteiger partial charge is 0.317 e. The number of rotatable bonds is 2. The molecule has 1 fully saturated rings. The van der Waals surface area contributed by atoms with Gasteiger partial charge in [-0.15, -0.1) is 0 Å². The van der Waals surface area contributed by atoms with Gasteiger partial charge in [0.15, 0.2) is 0 Å². The number of carbonyl (C=O) groups excluding carboxylic acids is 1. The van der Waals surface area contributed by atoms with Crippen LogP contribution in [0.15, 0.2) is 34.9 Å². The molecule has 0 saturated heterocycles. The highest BCUT2D eigenvalue weighted by molar-refractivity contribution is 9.10. The summed E-state index contributed by atoms with van der Waals surface area (Å²) < 4.78 is 1.09. The summed E-state index contributed by atoms with van der Waals surface area (Å²) in [5.74, 6) is 0. The van der Waals surface area contributed by atoms with Crippen LogP contribution in [0.5, 0.6) is 0 Å². The fraction of sp³-hybridized carbons (Fsp3) is 0.450. The topological polar surface area (TPSA) is 48.1 Å². The second kappa shape index (κ2) is 7.24. The molecule has 0 bridgehead atoms. The lowest BCUT2D eigenvalue weighted by Crippen LogP contribution is -2.46. The molecule has 0 radical (unpaired) electrons. The van der Waals surface area contributed by atoms with Crippen LogP contribution >= 0.6 is 15.9 Å². The summed E-state index contributed by atoms with van der Waals surface area (Å²) in [5, 5.41) is 4.46. The Morgan fingerprint density at radius 1 is 1.24 bits per heavy atom. The molecule has 2 amide bonds. The summed E-state index contributed by atoms with van der Waals surface area (Å²) in [6.45, 7) is 1.47. The zero-order valence-electron chi connectivity index (χ0n) is 14.4. The largest absolute Gasteiger partial charge is 0.361 e. The quantitative estimate of drug-likeness (QED) is 0.725. The first-order chi connectivity index (χ1) is 12.2. The zero-order chi connectivity index (χ0) is 17.2. The average Bonchev–Trinajstić information content (AvgIpc) is 3.05. The molecule has 1 aromatic carbocycles. The van der Waals surface area contributed by atoms with Crippen LogP contribution in [-0.2, 0) is 0 Å². The minimum absolute atomic E-state index is 0.101. The highest BCUT2D eigenvalue weighted by Gasteiger charge is 2.22. The van der Waals surface area contributed by atoms with Crippen molar-refractivity contribution in [1.29, 1.82) is 0 Å². The second-order valence-corrected chi connectivity index (χ2v) is 8.02. The third kappa shape index (κ3) is 3.61. The molecular weight excluding hydrogens is 378 g/mol. The molecule has 0 spiro atoms. The number of benzene rings is 1. The van der Waals surface area contributed by atoms with Gasteiger partial charge < -0.3 is 15.2 Å². The van der Waals surface area contributed by atoms with E-state index in [-0.39, 0.29) is 6.03 Å². The van der Waals surface area contributed by atoms with Crippen LogP contribution in [0.4, 0.5) is 4.79 Å². The standard InChI is InChI=1S/C20H24BrN3O/c21-15-6-7-19-17(12-15)18(13-22-19)14-8-10-24(11-9-14)20(25)23-16-4-2-1-3-5-16/h6-8,12-13,16,22H,1-5,9-11H2,(H,23,25). The highest BCUT2D eigenvalue weighted by Crippen LogP contribution is 2.31. The van der Waals surface area contributed by atoms with Gasteiger partial charge in [0, 0.05) is 46.3 Å². The van der Waals surface area contributed by atoms with E-state index in [0.717, 1.165) is 35.8 Å². The Kier molecular flexibility index (Phi) is 4.84. The number of H-pyrrole nitrogens is 1. The summed E-state index contributed by atoms with van der Waals surface area (Å²) in [6, 6.07) is 6.77. The SMILES string of the molecule is O=C(NC1CCCCC1)N1CC=C(c2c[nH]c3ccc(Br)cc23)CC1. The van der Waals surface area contributed by atoms with Gasteiger partial charge in [-0.2, -0.15) is 0 Å². The molecule has 1 aromatic heterocycles. The van der Waals surface area contributed by atoms with Crippen molar-refractivity contribution in [3.8, 4) is 0 Å². The van der Waals surface area contributed by atoms with Crippen molar-refractivity contribution in [3.63, 3.8) is 0 Å². The summed E-state index contributed by atoms with van der Waals surface area (Å²) in [6.07, 6.45) is 11.2. The monoisotopic (exact) mass is 401 g/mol. The molecule has 1 saturated carbocycles. The van der Waals surface area contributed by atoms with Crippen LogP contribution in [0.1, 0.15) is 44.1 Å². The van der Waals surface area contributed by atoms with Crippen molar-refractivity contribution >= 4 is 38.4 Å². The lowest BCUT2D eigenvalue weighted by atomic mass is 9.95. The molecule has 25 heavy (non-hydrogen) atoms. The molecule has 2 aliphatic rings. The molecule has 0 unspecified atom stereocenters. The Morgan fingerprint density at radius 2 is 2.08 bits per heavy atom. The molecule has 1 aliphatic heterocycles. The van der Waals surface area contributed by atoms with E-state index in [1.165, 1.54) is 35.8 Å². The first kappa shape index (κ1) is 16.7. The highest BCUT2D eigenvalue weighted by atomic mass is 79.9. The molecule has 2 aromatic rings. The fourth-order valence-electron chi connectivity index (χ4n) is 3.97. The maximum absolute atomic E-state index is 12.5. The lowest BCUT2D eigenvalue weighted by Gasteiger charge is -2.30. The van der Waals surface area contributed by atoms with Gasteiger partial charge in [0.25, 0.3) is 0 Å². The van der Waals surface area contributed by atoms with Gasteiger partial charge in [0.05, 0.1) is 0 Å². The molecular formula is C20H24BrN3O. The van der Waals surface area contributed by atoms with E-state index in [1.54, 1.807) is 0 Å². The normalized spacial score (nSPS) is 19.1. The number of nitrogens with zero attached hydrogens (tertiary/aromatic N) is 1. The van der Waals surface area contributed by atoms with Crippen LogP contribution in [0.25, 0.3) is 16.5 Å². The van der Waals surface area contributed by atoms with Gasteiger partial charge in [-0.25, -0.2) is 4.79 Å². The van der Waals surface area contributed by atoms with Crippen molar-refractivity contribution in [2.45, 2.75) is 44.6 Å². The fourth-order valence-corrected chi connectivity index (χ4v) is 4.33. The van der Waals surface area contributed by atoms with Crippen LogP contribution in [-0.4, -0.2) is 35.0 Å². The number of halogens is 1. The van der Waals surface area contributed by atoms with Gasteiger partial charge in [0.2, 0.25) is 0 Å². The number of nitrogens with one attached hydrogen (secondary N) is 2. The van der Waals surface area contributed by atoms with Gasteiger partial charge >= 0.3 is 6.03 Å². The van der Waals surface area contributed by atoms with E-state index in [2.05, 4.69) is 56.7 Å². The Labute approximate surface area is 156 Å². The van der Waals surface area contributed by atoms with Gasteiger partial charge in [-0.3, -0.25) is 0 Å². The average molecular weight is 402 g/mol. The first-order valence-corrected chi connectivity index (χ1v) is 10.0. The van der Waals surface area contributed by atoms with E-state index in [9.17, 15) is 4.79 Å². The predicted octanol–water partition coefficient (Wildman–Crippen LogP) is 5.06. The van der Waals surface area contributed by atoms with E-state index >= 15 is 0 Å². The molecule has 2 N–H and O–H groups in total. The molecule has 4 nitrogen and oxygen atoms in total. The predicted molar refractivity (Wildman–Crippen MR) is 106 cm³/mol. The summed E-state index contributed by atoms with van der Waals surface area (Å²) in [5.41, 5.74) is 3.73. The molecule has 0 atom stereocenters. The molecule has 1 aliphatic carbocycles. The number of fused-ring (bicyclic) bond motifs is 1. The Bertz CT molecular complexity index is 804. The summed E-state index contributed by atoms with van der Waals surface area (Å²) >= 11 is 3.56. The first-order valence-electron chi connectivity index (χ1n) is 9.22. The molecule has 132 valence electrons. The van der Waals surface area contributed by atoms with Crippen LogP contribution < -0.4 is 5.32 Å². The zero-order valence-corrected chi connectivity index (χ0v) is 15.9. The maximum atomic E-state index is 12.5. The minimum atomic E-state index is 0.101. The van der Waals surface area contributed by atoms with Crippen LogP contribution in [0, 0.1) is 0 Å². The van der Waals surface area contributed by atoms with Crippen molar-refractivity contribution in [3.05, 3.63) is 40.5 Å².